The van der Waals surface area contributed by atoms with Crippen LogP contribution < -0.4 is 0 Å². The van der Waals surface area contributed by atoms with Crippen molar-refractivity contribution in [1.29, 1.82) is 0 Å². The van der Waals surface area contributed by atoms with E-state index in [1.54, 1.807) is 41.5 Å². The van der Waals surface area contributed by atoms with Gasteiger partial charge in [-0.3, -0.25) is 0 Å². The Balaban J connectivity index is 0. The predicted octanol–water partition coefficient (Wildman–Crippen LogP) is 49.9. The summed E-state index contributed by atoms with van der Waals surface area (Å²) in [5, 5.41) is 0. The average molecular weight is 2680 g/mol. The standard InChI is InChI=1S/C16H38F3N6P3.C10H24F4N5P3.C8H22F3N6P3.C5H14F4N5P3.2C3H6F5N4P3.C2H5F5N3OP3.2C2H4.CH3F5N3OP3.2H2/c1-7-12-23(6)26(17)20-27(18,24(13-8-2)14-9-3)22-28(19,21-26)25(15-10-4)16-11-5;1-5-8-18(4)21(13)15-20(11,12)16-22(14,17-21)19(9-6-2)10-7-3;1-7-16(5)19(10)12-18(9,15(3)4)13-20(11,14-19)17(6)8-2;1-5-14(4)17(9)11-15(6,7)10-16(8,12-17)13(2)3;1-3-2-12(3)15(8)10-13(4,5)9-14(6,7)11-15;4-13(5)9-14(6,7)11-15(8,10-13)12-2-1-3-12;1-2-11-14(7)9-12(3,4)8-13(5,6)10-14;2*1-2;1-10-13(6)8-11(2,3)7-12(4,5)9-13;;/h7-16H2,1-6H3;5-10H2,1-4H3;7-8H2,1-6H3;5H2,1-4H3;3H,2H2,1H3;1-3H2;2H2,1H3;2*1-2H2;1H3;2*1H. The maximum Gasteiger partial charge on any atom is 0.425 e. The van der Waals surface area contributed by atoms with Crippen LogP contribution in [0.4, 0.5) is 143 Å². The summed E-state index contributed by atoms with van der Waals surface area (Å²) in [4.78, 5) is 0. The molecule has 0 aromatic heterocycles. The molecule has 10 aliphatic heterocycles. The van der Waals surface area contributed by atoms with Crippen molar-refractivity contribution >= 4 is 186 Å². The van der Waals surface area contributed by atoms with Crippen LogP contribution in [0.25, 0.3) is 0 Å². The van der Waals surface area contributed by atoms with Crippen molar-refractivity contribution in [1.82, 2.24) is 56.0 Å². The van der Waals surface area contributed by atoms with Gasteiger partial charge in [0.15, 0.2) is 0 Å². The first-order chi connectivity index (χ1) is 67.1. The Bertz CT molecular complexity index is 5910. The molecule has 96 heteroatoms. The van der Waals surface area contributed by atoms with E-state index in [4.69, 9.17) is 0 Å². The smallest absolute Gasteiger partial charge is 0.306 e. The van der Waals surface area contributed by atoms with Gasteiger partial charge in [0.25, 0.3) is 0 Å². The molecule has 888 valence electrons. The minimum atomic E-state index is -5.60. The summed E-state index contributed by atoms with van der Waals surface area (Å²) in [6.45, 7) is 37.9. The van der Waals surface area contributed by atoms with Crippen LogP contribution in [0.15, 0.2) is 135 Å². The normalized spacial score (nSPS) is 34.5. The van der Waals surface area contributed by atoms with E-state index in [1.165, 1.54) is 105 Å². The topological polar surface area (TPSA) is 354 Å². The summed E-state index contributed by atoms with van der Waals surface area (Å²) >= 11 is 0. The average Bonchev–Trinajstić information content (AvgIpc) is 1.45. The first kappa shape index (κ1) is 148. The molecule has 16 atom stereocenters. The molecule has 38 nitrogen and oxygen atoms in total. The molecular weight excluding hydrogens is 2550 g/mol. The molecule has 0 spiro atoms. The maximum absolute atomic E-state index is 16.2. The van der Waals surface area contributed by atoms with Crippen LogP contribution in [0.1, 0.15) is 151 Å². The Labute approximate surface area is 849 Å². The molecule has 10 heterocycles. The van der Waals surface area contributed by atoms with Gasteiger partial charge in [0, 0.05) is 108 Å². The van der Waals surface area contributed by atoms with E-state index >= 15 is 16.8 Å². The highest BCUT2D eigenvalue weighted by molar-refractivity contribution is 7.84. The van der Waals surface area contributed by atoms with E-state index in [1.807, 2.05) is 52.7 Å². The Morgan fingerprint density at radius 3 is 0.757 bits per heavy atom. The molecule has 10 rings (SSSR count). The third kappa shape index (κ3) is 44.9. The number of nitrogens with zero attached hydrogens (tertiary/aromatic N) is 36. The quantitative estimate of drug-likeness (QED) is 0.0250. The molecule has 0 aromatic carbocycles. The summed E-state index contributed by atoms with van der Waals surface area (Å²) in [6, 6.07) is -0.353. The lowest BCUT2D eigenvalue weighted by Crippen LogP contribution is -2.32. The van der Waals surface area contributed by atoms with Crippen LogP contribution in [-0.2, 0) is 9.05 Å². The van der Waals surface area contributed by atoms with Gasteiger partial charge in [0.2, 0.25) is 0 Å². The summed E-state index contributed by atoms with van der Waals surface area (Å²) in [5.74, 6) is 0. The van der Waals surface area contributed by atoms with Gasteiger partial charge in [0.1, 0.15) is 0 Å². The van der Waals surface area contributed by atoms with E-state index in [-0.39, 0.29) is 74.4 Å². The van der Waals surface area contributed by atoms with E-state index in [0.29, 0.717) is 97.6 Å². The molecule has 16 unspecified atom stereocenters. The maximum atomic E-state index is 16.2. The summed E-state index contributed by atoms with van der Waals surface area (Å²) in [6.07, 6.45) is 5.57. The third-order valence-electron chi connectivity index (χ3n) is 17.8. The SMILES string of the molecule is C=C.C=C.CC1CN1P1(F)=NP(F)(F)=NP(F)(F)=N1.CCCN(C)P1(F)=NP(F)(N(CCC)CCC)=NP(F)(F)=N1.CCCN(C)P1(F)=NP(F)(N(CCC)CCC)=NP(F)(N(CCC)CCC)=N1.CCN(C)P1(F)=NP(F)(F)=NP(F)(N(C)C)=N1.CCN(C)P1(F)=NP(F)(N(C)C)=NP(F)(N(C)CC)=N1.CCOP1(F)=NP(F)(F)=NP(F)(F)=N1.COP1(F)=NP(F)(F)=NP(F)(F)=N1.FP1(F)=NP(F)(F)=NP(F)(N2CCC2)=N1.[HH].[HH]. The fraction of sp³-hybridized carbons (Fsp3) is 0.923. The van der Waals surface area contributed by atoms with Gasteiger partial charge in [-0.05, 0) is 135 Å². The molecule has 0 aromatic rings. The van der Waals surface area contributed by atoms with Crippen LogP contribution in [0, 0.1) is 0 Å². The number of hydrogen-bond acceptors (Lipinski definition) is 38. The fourth-order valence-corrected chi connectivity index (χ4v) is 68.6. The summed E-state index contributed by atoms with van der Waals surface area (Å²) in [5.41, 5.74) is 0. The molecule has 0 amide bonds. The molecule has 0 saturated carbocycles. The first-order valence-corrected chi connectivity index (χ1v) is 79.2. The van der Waals surface area contributed by atoms with E-state index in [2.05, 4.69) is 126 Å². The molecule has 0 bridgehead atoms. The van der Waals surface area contributed by atoms with Gasteiger partial charge in [-0.1, -0.05) is 76.2 Å². The van der Waals surface area contributed by atoms with Crippen LogP contribution in [0.3, 0.4) is 0 Å². The van der Waals surface area contributed by atoms with Crippen molar-refractivity contribution in [3.05, 3.63) is 26.3 Å². The van der Waals surface area contributed by atoms with Gasteiger partial charge in [-0.25, -0.2) is 56.0 Å². The van der Waals surface area contributed by atoms with Crippen molar-refractivity contribution in [3.8, 4) is 0 Å². The van der Waals surface area contributed by atoms with E-state index in [0.717, 1.165) is 28.0 Å². The van der Waals surface area contributed by atoms with E-state index < -0.39 is 186 Å². The Morgan fingerprint density at radius 1 is 0.257 bits per heavy atom. The lowest BCUT2D eigenvalue weighted by atomic mass is 10.3. The highest BCUT2D eigenvalue weighted by Crippen LogP contribution is 2.91. The summed E-state index contributed by atoms with van der Waals surface area (Å²) in [7, 11) is -103. The monoisotopic (exact) mass is 2680 g/mol. The second-order valence-electron chi connectivity index (χ2n) is 30.2. The zero-order chi connectivity index (χ0) is 116. The molecule has 0 radical (unpaired) electrons. The Hall–Kier alpha value is 2.06. The number of rotatable bonds is 34. The molecule has 10 aliphatic rings. The van der Waals surface area contributed by atoms with Crippen LogP contribution >= 0.6 is 186 Å². The largest absolute Gasteiger partial charge is 0.425 e. The molecule has 0 N–H and O–H groups in total. The number of hydrogen-bond donors (Lipinski definition) is 0. The van der Waals surface area contributed by atoms with Gasteiger partial charge < -0.3 is 9.05 Å². The minimum Gasteiger partial charge on any atom is -0.306 e. The lowest BCUT2D eigenvalue weighted by molar-refractivity contribution is 0.313. The highest BCUT2D eigenvalue weighted by Gasteiger charge is 2.54. The van der Waals surface area contributed by atoms with Crippen molar-refractivity contribution in [2.45, 2.75) is 154 Å². The third-order valence-corrected chi connectivity index (χ3v) is 74.8. The number of halogens is 34. The second-order valence-corrected chi connectivity index (χ2v) is 78.7. The van der Waals surface area contributed by atoms with Gasteiger partial charge in [-0.2, -0.15) is 94.9 Å². The lowest BCUT2D eigenvalue weighted by Gasteiger charge is -2.36. The van der Waals surface area contributed by atoms with Crippen molar-refractivity contribution < 1.29 is 155 Å². The van der Waals surface area contributed by atoms with Crippen molar-refractivity contribution in [2.75, 3.05) is 169 Å². The predicted molar refractivity (Wildman–Crippen MR) is 564 cm³/mol. The summed E-state index contributed by atoms with van der Waals surface area (Å²) < 4.78 is 550. The van der Waals surface area contributed by atoms with Gasteiger partial charge in [-0.15, -0.1) is 183 Å². The van der Waals surface area contributed by atoms with E-state index in [9.17, 15) is 126 Å². The second kappa shape index (κ2) is 59.1. The molecular formula is C52H130F34N36O2P24. The van der Waals surface area contributed by atoms with Crippen LogP contribution in [-0.4, -0.2) is 231 Å². The Morgan fingerprint density at radius 2 is 0.473 bits per heavy atom. The van der Waals surface area contributed by atoms with Crippen molar-refractivity contribution in [3.63, 3.8) is 0 Å². The molecule has 0 aliphatic carbocycles. The highest BCUT2D eigenvalue weighted by atomic mass is 31.3. The molecule has 148 heavy (non-hydrogen) atoms. The van der Waals surface area contributed by atoms with Crippen LogP contribution in [0.2, 0.25) is 0 Å². The van der Waals surface area contributed by atoms with Crippen LogP contribution in [0.5, 0.6) is 0 Å². The fourth-order valence-electron chi connectivity index (χ4n) is 10.8. The molecule has 2 fully saturated rings. The van der Waals surface area contributed by atoms with Crippen molar-refractivity contribution in [2.24, 2.45) is 108 Å². The zero-order valence-electron chi connectivity index (χ0n) is 83.9. The minimum absolute atomic E-state index is 0. The van der Waals surface area contributed by atoms with Gasteiger partial charge >= 0.3 is 186 Å². The first-order valence-electron chi connectivity index (χ1n) is 43.0. The van der Waals surface area contributed by atoms with Gasteiger partial charge in [0.05, 0.1) is 6.61 Å². The molecule has 2 saturated heterocycles. The Kier molecular flexibility index (Phi) is 59.2. The zero-order valence-corrected chi connectivity index (χ0v) is 105.